The summed E-state index contributed by atoms with van der Waals surface area (Å²) in [6, 6.07) is 5.90. The van der Waals surface area contributed by atoms with Crippen molar-refractivity contribution in [2.24, 2.45) is 5.92 Å². The first-order chi connectivity index (χ1) is 9.24. The number of nitrogens with one attached hydrogen (secondary N) is 1. The van der Waals surface area contributed by atoms with Crippen LogP contribution < -0.4 is 0 Å². The molecule has 1 fully saturated rings. The Morgan fingerprint density at radius 1 is 1.32 bits per heavy atom. The quantitative estimate of drug-likeness (QED) is 0.757. The Hall–Kier alpha value is -0.800. The molecule has 0 atom stereocenters. The average molecular weight is 295 g/mol. The summed E-state index contributed by atoms with van der Waals surface area (Å²) in [5.74, 6) is 0.947. The highest BCUT2D eigenvalue weighted by Gasteiger charge is 2.14. The number of rotatable bonds is 4. The van der Waals surface area contributed by atoms with Crippen molar-refractivity contribution in [3.05, 3.63) is 28.0 Å². The molecular weight excluding hydrogens is 276 g/mol. The molecule has 3 rings (SSSR count). The third kappa shape index (κ3) is 2.87. The Morgan fingerprint density at radius 3 is 2.89 bits per heavy atom. The molecule has 0 saturated heterocycles. The van der Waals surface area contributed by atoms with Crippen molar-refractivity contribution < 1.29 is 0 Å². The van der Waals surface area contributed by atoms with E-state index in [9.17, 15) is 0 Å². The highest BCUT2D eigenvalue weighted by atomic mass is 35.5. The van der Waals surface area contributed by atoms with Crippen LogP contribution in [0.5, 0.6) is 0 Å². The molecule has 0 bridgehead atoms. The van der Waals surface area contributed by atoms with Crippen LogP contribution in [0.3, 0.4) is 0 Å². The second-order valence-corrected chi connectivity index (χ2v) is 6.36. The number of aryl methyl sites for hydroxylation is 1. The lowest BCUT2D eigenvalue weighted by molar-refractivity contribution is 0.460. The van der Waals surface area contributed by atoms with E-state index in [0.717, 1.165) is 33.3 Å². The van der Waals surface area contributed by atoms with Gasteiger partial charge in [-0.1, -0.05) is 37.3 Å². The van der Waals surface area contributed by atoms with E-state index in [1.807, 2.05) is 18.2 Å². The number of H-pyrrole nitrogens is 1. The van der Waals surface area contributed by atoms with E-state index in [1.54, 1.807) is 0 Å². The molecule has 0 aliphatic heterocycles. The van der Waals surface area contributed by atoms with Crippen molar-refractivity contribution in [3.8, 4) is 0 Å². The number of aromatic nitrogens is 2. The topological polar surface area (TPSA) is 20.7 Å². The molecule has 1 aromatic carbocycles. The van der Waals surface area contributed by atoms with Crippen LogP contribution in [0.2, 0.25) is 5.02 Å². The molecule has 1 saturated carbocycles. The molecule has 1 aliphatic rings. The molecule has 0 amide bonds. The lowest BCUT2D eigenvalue weighted by Gasteiger charge is -2.09. The molecular formula is C15H19ClN2S. The third-order valence-electron chi connectivity index (χ3n) is 4.21. The fourth-order valence-corrected chi connectivity index (χ4v) is 3.65. The van der Waals surface area contributed by atoms with E-state index in [2.05, 4.69) is 9.55 Å². The number of fused-ring (bicyclic) bond motifs is 1. The second kappa shape index (κ2) is 5.68. The number of nitrogens with zero attached hydrogens (tertiary/aromatic N) is 1. The summed E-state index contributed by atoms with van der Waals surface area (Å²) in [5, 5.41) is 0.769. The Kier molecular flexibility index (Phi) is 3.94. The Bertz CT molecular complexity index is 623. The van der Waals surface area contributed by atoms with E-state index < -0.39 is 0 Å². The van der Waals surface area contributed by atoms with Crippen LogP contribution in [0.15, 0.2) is 18.2 Å². The molecule has 2 nitrogen and oxygen atoms in total. The normalized spacial score (nSPS) is 16.5. The van der Waals surface area contributed by atoms with E-state index in [4.69, 9.17) is 23.8 Å². The van der Waals surface area contributed by atoms with Crippen molar-refractivity contribution in [3.63, 3.8) is 0 Å². The first kappa shape index (κ1) is 13.2. The van der Waals surface area contributed by atoms with Gasteiger partial charge in [0, 0.05) is 11.6 Å². The zero-order chi connectivity index (χ0) is 13.2. The van der Waals surface area contributed by atoms with Gasteiger partial charge in [0.05, 0.1) is 11.0 Å². The number of hydrogen-bond donors (Lipinski definition) is 1. The largest absolute Gasteiger partial charge is 0.331 e. The van der Waals surface area contributed by atoms with Gasteiger partial charge in [0.1, 0.15) is 0 Å². The minimum atomic E-state index is 0.769. The molecule has 1 N–H and O–H groups in total. The van der Waals surface area contributed by atoms with Gasteiger partial charge in [-0.25, -0.2) is 0 Å². The number of aromatic amines is 1. The predicted octanol–water partition coefficient (Wildman–Crippen LogP) is 5.32. The van der Waals surface area contributed by atoms with Crippen molar-refractivity contribution in [1.29, 1.82) is 0 Å². The van der Waals surface area contributed by atoms with Gasteiger partial charge >= 0.3 is 0 Å². The third-order valence-corrected chi connectivity index (χ3v) is 4.76. The maximum atomic E-state index is 6.08. The van der Waals surface area contributed by atoms with Crippen molar-refractivity contribution in [1.82, 2.24) is 9.55 Å². The van der Waals surface area contributed by atoms with Gasteiger partial charge in [-0.3, -0.25) is 0 Å². The maximum absolute atomic E-state index is 6.08. The summed E-state index contributed by atoms with van der Waals surface area (Å²) >= 11 is 11.5. The molecule has 19 heavy (non-hydrogen) atoms. The van der Waals surface area contributed by atoms with Crippen LogP contribution >= 0.6 is 23.8 Å². The molecule has 1 heterocycles. The van der Waals surface area contributed by atoms with Gasteiger partial charge < -0.3 is 9.55 Å². The summed E-state index contributed by atoms with van der Waals surface area (Å²) in [4.78, 5) is 3.25. The fourth-order valence-electron chi connectivity index (χ4n) is 3.19. The van der Waals surface area contributed by atoms with Gasteiger partial charge in [0.2, 0.25) is 0 Å². The maximum Gasteiger partial charge on any atom is 0.178 e. The minimum Gasteiger partial charge on any atom is -0.331 e. The summed E-state index contributed by atoms with van der Waals surface area (Å²) < 4.78 is 2.99. The average Bonchev–Trinajstić information content (AvgIpc) is 2.99. The SMILES string of the molecule is S=c1[nH]c2ccc(Cl)cc2n1CCCC1CCCC1. The highest BCUT2D eigenvalue weighted by molar-refractivity contribution is 7.71. The van der Waals surface area contributed by atoms with Gasteiger partial charge in [-0.15, -0.1) is 0 Å². The number of benzene rings is 1. The zero-order valence-corrected chi connectivity index (χ0v) is 12.6. The second-order valence-electron chi connectivity index (χ2n) is 5.54. The first-order valence-corrected chi connectivity index (χ1v) is 7.91. The molecule has 2 aromatic rings. The van der Waals surface area contributed by atoms with Crippen LogP contribution in [-0.4, -0.2) is 9.55 Å². The van der Waals surface area contributed by atoms with Crippen LogP contribution in [0.25, 0.3) is 11.0 Å². The van der Waals surface area contributed by atoms with Crippen molar-refractivity contribution in [2.75, 3.05) is 0 Å². The van der Waals surface area contributed by atoms with Gasteiger partial charge in [0.25, 0.3) is 0 Å². The number of hydrogen-bond acceptors (Lipinski definition) is 1. The highest BCUT2D eigenvalue weighted by Crippen LogP contribution is 2.29. The fraction of sp³-hybridized carbons (Fsp3) is 0.533. The summed E-state index contributed by atoms with van der Waals surface area (Å²) in [5.41, 5.74) is 2.21. The van der Waals surface area contributed by atoms with E-state index >= 15 is 0 Å². The minimum absolute atomic E-state index is 0.769. The van der Waals surface area contributed by atoms with E-state index in [1.165, 1.54) is 38.5 Å². The van der Waals surface area contributed by atoms with Crippen molar-refractivity contribution >= 4 is 34.9 Å². The predicted molar refractivity (Wildman–Crippen MR) is 83.3 cm³/mol. The molecule has 1 aromatic heterocycles. The van der Waals surface area contributed by atoms with E-state index in [-0.39, 0.29) is 0 Å². The zero-order valence-electron chi connectivity index (χ0n) is 11.0. The Labute approximate surface area is 123 Å². The van der Waals surface area contributed by atoms with Gasteiger partial charge in [0.15, 0.2) is 4.77 Å². The molecule has 0 radical (unpaired) electrons. The van der Waals surface area contributed by atoms with E-state index in [0.29, 0.717) is 0 Å². The summed E-state index contributed by atoms with van der Waals surface area (Å²) in [6.45, 7) is 0.996. The smallest absolute Gasteiger partial charge is 0.178 e. The summed E-state index contributed by atoms with van der Waals surface area (Å²) in [7, 11) is 0. The van der Waals surface area contributed by atoms with Crippen LogP contribution in [-0.2, 0) is 6.54 Å². The van der Waals surface area contributed by atoms with Crippen molar-refractivity contribution in [2.45, 2.75) is 45.1 Å². The number of imidazole rings is 1. The Morgan fingerprint density at radius 2 is 2.11 bits per heavy atom. The van der Waals surface area contributed by atoms with Crippen LogP contribution in [0, 0.1) is 10.7 Å². The molecule has 102 valence electrons. The molecule has 0 spiro atoms. The van der Waals surface area contributed by atoms with Crippen LogP contribution in [0.4, 0.5) is 0 Å². The lowest BCUT2D eigenvalue weighted by Crippen LogP contribution is -2.01. The molecule has 1 aliphatic carbocycles. The standard InChI is InChI=1S/C15H19ClN2S/c16-12-7-8-13-14(10-12)18(15(19)17-13)9-3-6-11-4-1-2-5-11/h7-8,10-11H,1-6,9H2,(H,17,19). The van der Waals surface area contributed by atoms with Gasteiger partial charge in [-0.05, 0) is 49.2 Å². The summed E-state index contributed by atoms with van der Waals surface area (Å²) in [6.07, 6.45) is 8.23. The Balaban J connectivity index is 1.74. The molecule has 4 heteroatoms. The van der Waals surface area contributed by atoms with Crippen LogP contribution in [0.1, 0.15) is 38.5 Å². The number of halogens is 1. The monoisotopic (exact) mass is 294 g/mol. The lowest BCUT2D eigenvalue weighted by atomic mass is 10.0. The molecule has 0 unspecified atom stereocenters. The first-order valence-electron chi connectivity index (χ1n) is 7.12. The van der Waals surface area contributed by atoms with Gasteiger partial charge in [-0.2, -0.15) is 0 Å².